The van der Waals surface area contributed by atoms with E-state index in [1.165, 1.54) is 12.1 Å². The monoisotopic (exact) mass is 436 g/mol. The molecule has 2 aliphatic heterocycles. The number of aryl methyl sites for hydroxylation is 2. The Morgan fingerprint density at radius 2 is 1.97 bits per heavy atom. The molecule has 1 aromatic carbocycles. The number of benzene rings is 1. The summed E-state index contributed by atoms with van der Waals surface area (Å²) in [6.07, 6.45) is 5.81. The predicted molar refractivity (Wildman–Crippen MR) is 121 cm³/mol. The largest absolute Gasteiger partial charge is 0.355 e. The Hall–Kier alpha value is -3.00. The Morgan fingerprint density at radius 3 is 2.72 bits per heavy atom. The van der Waals surface area contributed by atoms with Crippen molar-refractivity contribution in [3.05, 3.63) is 58.7 Å². The van der Waals surface area contributed by atoms with Gasteiger partial charge >= 0.3 is 0 Å². The molecule has 5 rings (SSSR count). The van der Waals surface area contributed by atoms with Gasteiger partial charge in [-0.15, -0.1) is 0 Å². The number of hydrogen-bond acceptors (Lipinski definition) is 5. The highest BCUT2D eigenvalue weighted by molar-refractivity contribution is 5.96. The first-order chi connectivity index (χ1) is 15.4. The second-order valence-electron chi connectivity index (χ2n) is 9.08. The Balaban J connectivity index is 1.47. The lowest BCUT2D eigenvalue weighted by Crippen LogP contribution is -2.39. The van der Waals surface area contributed by atoms with E-state index in [2.05, 4.69) is 4.90 Å². The van der Waals surface area contributed by atoms with Crippen LogP contribution in [-0.4, -0.2) is 51.1 Å². The summed E-state index contributed by atoms with van der Waals surface area (Å²) in [7, 11) is 0. The number of halogens is 1. The molecule has 168 valence electrons. The summed E-state index contributed by atoms with van der Waals surface area (Å²) < 4.78 is 15.4. The number of nitrogens with zero attached hydrogens (tertiary/aromatic N) is 5. The van der Waals surface area contributed by atoms with Crippen molar-refractivity contribution in [2.24, 2.45) is 5.73 Å². The minimum Gasteiger partial charge on any atom is -0.355 e. The number of carbonyl (C=O) groups excluding carboxylic acids is 1. The topological polar surface area (TPSA) is 79.8 Å². The second-order valence-corrected chi connectivity index (χ2v) is 9.08. The van der Waals surface area contributed by atoms with Gasteiger partial charge < -0.3 is 15.5 Å². The molecular weight excluding hydrogens is 407 g/mol. The van der Waals surface area contributed by atoms with Gasteiger partial charge in [0.25, 0.3) is 5.91 Å². The Kier molecular flexibility index (Phi) is 5.33. The Morgan fingerprint density at radius 1 is 1.12 bits per heavy atom. The van der Waals surface area contributed by atoms with Gasteiger partial charge in [0, 0.05) is 49.1 Å². The molecule has 2 aromatic heterocycles. The Bertz CT molecular complexity index is 1170. The van der Waals surface area contributed by atoms with E-state index in [-0.39, 0.29) is 23.8 Å². The zero-order chi connectivity index (χ0) is 22.4. The van der Waals surface area contributed by atoms with E-state index in [1.54, 1.807) is 13.0 Å². The van der Waals surface area contributed by atoms with Crippen LogP contribution in [0.5, 0.6) is 0 Å². The smallest absolute Gasteiger partial charge is 0.254 e. The van der Waals surface area contributed by atoms with Crippen LogP contribution in [0, 0.1) is 19.7 Å². The number of piperidine rings is 1. The van der Waals surface area contributed by atoms with Crippen LogP contribution in [0.15, 0.2) is 30.5 Å². The van der Waals surface area contributed by atoms with Gasteiger partial charge in [0.2, 0.25) is 0 Å². The maximum atomic E-state index is 13.6. The van der Waals surface area contributed by atoms with E-state index in [1.807, 2.05) is 28.6 Å². The summed E-state index contributed by atoms with van der Waals surface area (Å²) in [6.45, 7) is 6.21. The fourth-order valence-corrected chi connectivity index (χ4v) is 4.99. The van der Waals surface area contributed by atoms with E-state index in [4.69, 9.17) is 15.8 Å². The lowest BCUT2D eigenvalue weighted by atomic mass is 9.97. The maximum absolute atomic E-state index is 13.6. The molecule has 0 bridgehead atoms. The van der Waals surface area contributed by atoms with Gasteiger partial charge in [0.15, 0.2) is 5.65 Å². The Labute approximate surface area is 187 Å². The van der Waals surface area contributed by atoms with Crippen molar-refractivity contribution in [3.63, 3.8) is 0 Å². The fourth-order valence-electron chi connectivity index (χ4n) is 4.99. The minimum atomic E-state index is -0.328. The number of carbonyl (C=O) groups is 1. The van der Waals surface area contributed by atoms with Gasteiger partial charge in [0.1, 0.15) is 11.6 Å². The highest BCUT2D eigenvalue weighted by Gasteiger charge is 2.31. The molecule has 4 heterocycles. The number of likely N-dealkylation sites (tertiary alicyclic amines) is 1. The first-order valence-electron chi connectivity index (χ1n) is 11.4. The molecule has 7 nitrogen and oxygen atoms in total. The molecule has 32 heavy (non-hydrogen) atoms. The van der Waals surface area contributed by atoms with Gasteiger partial charge in [-0.3, -0.25) is 4.79 Å². The van der Waals surface area contributed by atoms with Gasteiger partial charge in [-0.1, -0.05) is 0 Å². The molecule has 2 atom stereocenters. The second kappa shape index (κ2) is 8.16. The standard InChI is InChI=1S/C24H29FN6O/c1-15-11-17(25)6-7-19(15)24(32)30-9-4-3-5-21(30)20-12-22-27-23(16(2)13-31(22)28-20)29-10-8-18(26)14-29/h6-7,11-13,18,21H,3-5,8-10,14,26H2,1-2H3. The van der Waals surface area contributed by atoms with Gasteiger partial charge in [-0.25, -0.2) is 13.9 Å². The first-order valence-corrected chi connectivity index (χ1v) is 11.4. The normalized spacial score (nSPS) is 21.5. The summed E-state index contributed by atoms with van der Waals surface area (Å²) in [6, 6.07) is 6.40. The van der Waals surface area contributed by atoms with Crippen molar-refractivity contribution in [3.8, 4) is 0 Å². The van der Waals surface area contributed by atoms with Crippen molar-refractivity contribution < 1.29 is 9.18 Å². The van der Waals surface area contributed by atoms with Crippen molar-refractivity contribution in [1.29, 1.82) is 0 Å². The van der Waals surface area contributed by atoms with Crippen molar-refractivity contribution >= 4 is 17.4 Å². The quantitative estimate of drug-likeness (QED) is 0.681. The summed E-state index contributed by atoms with van der Waals surface area (Å²) in [5.41, 5.74) is 9.97. The summed E-state index contributed by atoms with van der Waals surface area (Å²) in [4.78, 5) is 22.4. The summed E-state index contributed by atoms with van der Waals surface area (Å²) in [5, 5.41) is 4.80. The van der Waals surface area contributed by atoms with Crippen LogP contribution < -0.4 is 10.6 Å². The molecule has 0 saturated carbocycles. The number of rotatable bonds is 3. The minimum absolute atomic E-state index is 0.0693. The first kappa shape index (κ1) is 20.9. The van der Waals surface area contributed by atoms with E-state index in [9.17, 15) is 9.18 Å². The number of hydrogen-bond donors (Lipinski definition) is 1. The van der Waals surface area contributed by atoms with Crippen molar-refractivity contribution in [2.75, 3.05) is 24.5 Å². The van der Waals surface area contributed by atoms with Crippen LogP contribution in [-0.2, 0) is 0 Å². The van der Waals surface area contributed by atoms with Crippen LogP contribution in [0.25, 0.3) is 5.65 Å². The third-order valence-electron chi connectivity index (χ3n) is 6.67. The molecule has 8 heteroatoms. The van der Waals surface area contributed by atoms with Crippen LogP contribution in [0.2, 0.25) is 0 Å². The van der Waals surface area contributed by atoms with Gasteiger partial charge in [-0.2, -0.15) is 5.10 Å². The van der Waals surface area contributed by atoms with Gasteiger partial charge in [0.05, 0.1) is 11.7 Å². The molecule has 2 unspecified atom stereocenters. The predicted octanol–water partition coefficient (Wildman–Crippen LogP) is 3.39. The van der Waals surface area contributed by atoms with E-state index in [0.717, 1.165) is 61.5 Å². The van der Waals surface area contributed by atoms with Crippen LogP contribution in [0.3, 0.4) is 0 Å². The van der Waals surface area contributed by atoms with Gasteiger partial charge in [-0.05, 0) is 63.3 Å². The third-order valence-corrected chi connectivity index (χ3v) is 6.67. The highest BCUT2D eigenvalue weighted by atomic mass is 19.1. The van der Waals surface area contributed by atoms with Crippen LogP contribution in [0.4, 0.5) is 10.2 Å². The molecule has 0 spiro atoms. The molecule has 2 aliphatic rings. The lowest BCUT2D eigenvalue weighted by Gasteiger charge is -2.35. The number of fused-ring (bicyclic) bond motifs is 1. The van der Waals surface area contributed by atoms with E-state index >= 15 is 0 Å². The molecular formula is C24H29FN6O. The molecule has 2 saturated heterocycles. The fraction of sp³-hybridized carbons (Fsp3) is 0.458. The third kappa shape index (κ3) is 3.72. The summed E-state index contributed by atoms with van der Waals surface area (Å²) >= 11 is 0. The molecule has 3 aromatic rings. The maximum Gasteiger partial charge on any atom is 0.254 e. The highest BCUT2D eigenvalue weighted by Crippen LogP contribution is 2.33. The number of anilines is 1. The number of aromatic nitrogens is 3. The average Bonchev–Trinajstić information content (AvgIpc) is 3.38. The number of amides is 1. The van der Waals surface area contributed by atoms with Crippen LogP contribution >= 0.6 is 0 Å². The molecule has 0 aliphatic carbocycles. The SMILES string of the molecule is Cc1cc(F)ccc1C(=O)N1CCCCC1c1cc2nc(N3CCC(N)C3)c(C)cn2n1. The zero-order valence-electron chi connectivity index (χ0n) is 18.6. The average molecular weight is 437 g/mol. The lowest BCUT2D eigenvalue weighted by molar-refractivity contribution is 0.0605. The summed E-state index contributed by atoms with van der Waals surface area (Å²) in [5.74, 6) is 0.557. The van der Waals surface area contributed by atoms with Crippen molar-refractivity contribution in [1.82, 2.24) is 19.5 Å². The molecule has 0 radical (unpaired) electrons. The van der Waals surface area contributed by atoms with Crippen molar-refractivity contribution in [2.45, 2.75) is 51.6 Å². The van der Waals surface area contributed by atoms with E-state index in [0.29, 0.717) is 17.7 Å². The number of nitrogens with two attached hydrogens (primary N) is 1. The molecule has 2 fully saturated rings. The van der Waals surface area contributed by atoms with Crippen LogP contribution in [0.1, 0.15) is 58.9 Å². The molecule has 1 amide bonds. The van der Waals surface area contributed by atoms with E-state index < -0.39 is 0 Å². The zero-order valence-corrected chi connectivity index (χ0v) is 18.6. The molecule has 2 N–H and O–H groups in total.